The fraction of sp³-hybridized carbons (Fsp3) is 0.571. The van der Waals surface area contributed by atoms with Crippen LogP contribution in [0.2, 0.25) is 19.1 Å². The first-order valence-corrected chi connectivity index (χ1v) is 6.61. The Morgan fingerprint density at radius 3 is 2.50 bits per heavy atom. The van der Waals surface area contributed by atoms with Gasteiger partial charge in [-0.1, -0.05) is 18.2 Å². The van der Waals surface area contributed by atoms with Crippen LogP contribution in [0.3, 0.4) is 0 Å². The number of hydrogen-bond donors (Lipinski definition) is 1. The van der Waals surface area contributed by atoms with Crippen LogP contribution in [0.4, 0.5) is 0 Å². The normalized spacial score (nSPS) is 13.3. The minimum Gasteiger partial charge on any atom is -0.411 e. The van der Waals surface area contributed by atoms with E-state index >= 15 is 0 Å². The van der Waals surface area contributed by atoms with Crippen LogP contribution in [0, 0.1) is 0 Å². The monoisotopic (exact) mass is 157 g/mol. The van der Waals surface area contributed by atoms with Gasteiger partial charge in [0.05, 0.1) is 13.8 Å². The van der Waals surface area contributed by atoms with Gasteiger partial charge in [0.2, 0.25) is 0 Å². The zero-order valence-electron chi connectivity index (χ0n) is 6.89. The zero-order valence-corrected chi connectivity index (χ0v) is 7.89. The number of nitrogens with zero attached hydrogens (tertiary/aromatic N) is 1. The van der Waals surface area contributed by atoms with Gasteiger partial charge in [-0.05, 0) is 13.0 Å². The molecule has 0 aromatic rings. The molecule has 0 fully saturated rings. The average Bonchev–Trinajstić information content (AvgIpc) is 1.87. The molecule has 0 saturated heterocycles. The second kappa shape index (κ2) is 3.56. The van der Waals surface area contributed by atoms with Gasteiger partial charge in [-0.15, -0.1) is 12.3 Å². The lowest BCUT2D eigenvalue weighted by Crippen LogP contribution is -2.24. The maximum atomic E-state index is 8.37. The highest BCUT2D eigenvalue weighted by Gasteiger charge is 2.16. The molecule has 0 aromatic carbocycles. The van der Waals surface area contributed by atoms with Crippen LogP contribution in [0.5, 0.6) is 0 Å². The molecule has 0 unspecified atom stereocenters. The molecular formula is C7H15NOSi. The van der Waals surface area contributed by atoms with Crippen molar-refractivity contribution in [2.24, 2.45) is 5.16 Å². The Kier molecular flexibility index (Phi) is 3.36. The van der Waals surface area contributed by atoms with E-state index < -0.39 is 8.07 Å². The van der Waals surface area contributed by atoms with Crippen LogP contribution in [0.1, 0.15) is 6.92 Å². The van der Waals surface area contributed by atoms with E-state index in [-0.39, 0.29) is 0 Å². The molecule has 0 saturated carbocycles. The first kappa shape index (κ1) is 9.43. The van der Waals surface area contributed by atoms with Crippen LogP contribution in [-0.4, -0.2) is 19.0 Å². The third-order valence-electron chi connectivity index (χ3n) is 1.43. The third-order valence-corrected chi connectivity index (χ3v) is 3.96. The maximum Gasteiger partial charge on any atom is 0.0766 e. The summed E-state index contributed by atoms with van der Waals surface area (Å²) in [4.78, 5) is 0. The minimum atomic E-state index is -1.29. The Morgan fingerprint density at radius 1 is 1.70 bits per heavy atom. The highest BCUT2D eigenvalue weighted by molar-refractivity contribution is 6.84. The van der Waals surface area contributed by atoms with Gasteiger partial charge in [-0.3, -0.25) is 0 Å². The highest BCUT2D eigenvalue weighted by atomic mass is 28.3. The zero-order chi connectivity index (χ0) is 8.20. The molecule has 0 atom stereocenters. The van der Waals surface area contributed by atoms with Gasteiger partial charge < -0.3 is 5.21 Å². The third kappa shape index (κ3) is 3.45. The van der Waals surface area contributed by atoms with E-state index in [1.54, 1.807) is 0 Å². The topological polar surface area (TPSA) is 32.6 Å². The molecule has 0 heterocycles. The van der Waals surface area contributed by atoms with Crippen LogP contribution in [0.15, 0.2) is 17.4 Å². The van der Waals surface area contributed by atoms with Crippen molar-refractivity contribution in [3.63, 3.8) is 0 Å². The van der Waals surface area contributed by atoms with Crippen molar-refractivity contribution >= 4 is 13.8 Å². The Labute approximate surface area is 63.3 Å². The molecule has 0 spiro atoms. The van der Waals surface area contributed by atoms with Crippen molar-refractivity contribution in [2.75, 3.05) is 0 Å². The minimum absolute atomic E-state index is 0.802. The summed E-state index contributed by atoms with van der Waals surface area (Å²) in [5.74, 6) is 0. The lowest BCUT2D eigenvalue weighted by atomic mass is 10.5. The van der Waals surface area contributed by atoms with Gasteiger partial charge in [0.25, 0.3) is 0 Å². The second-order valence-corrected chi connectivity index (χ2v) is 7.94. The number of oxime groups is 1. The van der Waals surface area contributed by atoms with E-state index in [0.29, 0.717) is 0 Å². The number of rotatable bonds is 3. The van der Waals surface area contributed by atoms with Gasteiger partial charge in [0, 0.05) is 0 Å². The molecule has 0 aliphatic carbocycles. The quantitative estimate of drug-likeness (QED) is 0.290. The van der Waals surface area contributed by atoms with E-state index in [9.17, 15) is 0 Å². The predicted molar refractivity (Wildman–Crippen MR) is 47.4 cm³/mol. The highest BCUT2D eigenvalue weighted by Crippen LogP contribution is 2.10. The van der Waals surface area contributed by atoms with Crippen LogP contribution in [0.25, 0.3) is 0 Å². The molecule has 0 aliphatic heterocycles. The molecule has 1 N–H and O–H groups in total. The summed E-state index contributed by atoms with van der Waals surface area (Å²) in [6.45, 7) is 9.95. The Hall–Kier alpha value is -0.573. The SMILES string of the molecule is C=C[Si](C)(C)CC(C)=NO. The largest absolute Gasteiger partial charge is 0.411 e. The van der Waals surface area contributed by atoms with Crippen molar-refractivity contribution in [2.45, 2.75) is 26.1 Å². The Morgan fingerprint density at radius 2 is 2.20 bits per heavy atom. The van der Waals surface area contributed by atoms with Gasteiger partial charge in [0.15, 0.2) is 0 Å². The summed E-state index contributed by atoms with van der Waals surface area (Å²) in [5, 5.41) is 11.5. The van der Waals surface area contributed by atoms with Gasteiger partial charge in [-0.25, -0.2) is 0 Å². The second-order valence-electron chi connectivity index (χ2n) is 3.20. The molecule has 0 rings (SSSR count). The lowest BCUT2D eigenvalue weighted by molar-refractivity contribution is 0.318. The molecular weight excluding hydrogens is 142 g/mol. The van der Waals surface area contributed by atoms with Gasteiger partial charge >= 0.3 is 0 Å². The van der Waals surface area contributed by atoms with E-state index in [1.165, 1.54) is 0 Å². The molecule has 0 aliphatic rings. The summed E-state index contributed by atoms with van der Waals surface area (Å²) in [7, 11) is -1.29. The first-order valence-electron chi connectivity index (χ1n) is 3.33. The Balaban J connectivity index is 4.01. The van der Waals surface area contributed by atoms with Crippen molar-refractivity contribution in [1.29, 1.82) is 0 Å². The van der Waals surface area contributed by atoms with Crippen molar-refractivity contribution in [1.82, 2.24) is 0 Å². The van der Waals surface area contributed by atoms with E-state index in [0.717, 1.165) is 11.8 Å². The van der Waals surface area contributed by atoms with Crippen LogP contribution in [-0.2, 0) is 0 Å². The fourth-order valence-electron chi connectivity index (χ4n) is 0.767. The van der Waals surface area contributed by atoms with Crippen molar-refractivity contribution in [3.05, 3.63) is 12.3 Å². The van der Waals surface area contributed by atoms with E-state index in [1.807, 2.05) is 12.6 Å². The summed E-state index contributed by atoms with van der Waals surface area (Å²) < 4.78 is 0. The summed E-state index contributed by atoms with van der Waals surface area (Å²) >= 11 is 0. The maximum absolute atomic E-state index is 8.37. The molecule has 0 bridgehead atoms. The average molecular weight is 157 g/mol. The fourth-order valence-corrected chi connectivity index (χ4v) is 2.30. The van der Waals surface area contributed by atoms with Crippen LogP contribution >= 0.6 is 0 Å². The smallest absolute Gasteiger partial charge is 0.0766 e. The number of hydrogen-bond acceptors (Lipinski definition) is 2. The van der Waals surface area contributed by atoms with Crippen molar-refractivity contribution < 1.29 is 5.21 Å². The van der Waals surface area contributed by atoms with E-state index in [4.69, 9.17) is 5.21 Å². The molecule has 2 nitrogen and oxygen atoms in total. The summed E-state index contributed by atoms with van der Waals surface area (Å²) in [6, 6.07) is 0.896. The first-order chi connectivity index (χ1) is 4.52. The van der Waals surface area contributed by atoms with E-state index in [2.05, 4.69) is 24.8 Å². The molecule has 3 heteroatoms. The molecule has 0 amide bonds. The molecule has 0 aromatic heterocycles. The van der Waals surface area contributed by atoms with Gasteiger partial charge in [-0.2, -0.15) is 0 Å². The summed E-state index contributed by atoms with van der Waals surface area (Å²) in [6.07, 6.45) is 0. The molecule has 10 heavy (non-hydrogen) atoms. The molecule has 58 valence electrons. The standard InChI is InChI=1S/C7H15NOSi/c1-5-10(3,4)6-7(2)8-9/h5,9H,1,6H2,2-4H3. The predicted octanol–water partition coefficient (Wildman–Crippen LogP) is 2.27. The summed E-state index contributed by atoms with van der Waals surface area (Å²) in [5.41, 5.74) is 2.80. The van der Waals surface area contributed by atoms with Crippen LogP contribution < -0.4 is 0 Å². The Bertz CT molecular complexity index is 152. The van der Waals surface area contributed by atoms with Gasteiger partial charge in [0.1, 0.15) is 0 Å². The molecule has 0 radical (unpaired) electrons. The lowest BCUT2D eigenvalue weighted by Gasteiger charge is -2.15. The van der Waals surface area contributed by atoms with Crippen molar-refractivity contribution in [3.8, 4) is 0 Å².